The highest BCUT2D eigenvalue weighted by Crippen LogP contribution is 2.23. The van der Waals surface area contributed by atoms with Crippen molar-refractivity contribution in [1.29, 1.82) is 0 Å². The quantitative estimate of drug-likeness (QED) is 0.747. The lowest BCUT2D eigenvalue weighted by Crippen LogP contribution is -2.22. The average Bonchev–Trinajstić information content (AvgIpc) is 2.91. The summed E-state index contributed by atoms with van der Waals surface area (Å²) in [5.74, 6) is -0.265. The smallest absolute Gasteiger partial charge is 0.267 e. The van der Waals surface area contributed by atoms with Crippen molar-refractivity contribution in [3.05, 3.63) is 59.4 Å². The summed E-state index contributed by atoms with van der Waals surface area (Å²) in [5, 5.41) is 0.426. The standard InChI is InChI=1S/C15H12ClN3OS/c1-21-10-6-7-12(16)11(8-10)15(20)18-19-9-17-13-4-2-3-5-14(13)19/h2-9H,1H3,(H,18,20). The number of para-hydroxylation sites is 2. The minimum absolute atomic E-state index is 0.265. The van der Waals surface area contributed by atoms with Crippen molar-refractivity contribution in [2.24, 2.45) is 0 Å². The molecule has 1 amide bonds. The first-order chi connectivity index (χ1) is 10.2. The second-order valence-corrected chi connectivity index (χ2v) is 5.68. The molecule has 1 N–H and O–H groups in total. The largest absolute Gasteiger partial charge is 0.271 e. The molecule has 0 aliphatic heterocycles. The predicted octanol–water partition coefficient (Wildman–Crippen LogP) is 3.80. The highest BCUT2D eigenvalue weighted by atomic mass is 35.5. The van der Waals surface area contributed by atoms with Gasteiger partial charge in [-0.25, -0.2) is 9.66 Å². The number of fused-ring (bicyclic) bond motifs is 1. The first kappa shape index (κ1) is 14.0. The number of carbonyl (C=O) groups is 1. The Morgan fingerprint density at radius 1 is 1.29 bits per heavy atom. The number of thioether (sulfide) groups is 1. The average molecular weight is 318 g/mol. The molecule has 3 aromatic rings. The molecule has 21 heavy (non-hydrogen) atoms. The maximum Gasteiger partial charge on any atom is 0.271 e. The van der Waals surface area contributed by atoms with Gasteiger partial charge in [0, 0.05) is 4.90 Å². The van der Waals surface area contributed by atoms with Crippen LogP contribution in [0.5, 0.6) is 0 Å². The minimum Gasteiger partial charge on any atom is -0.267 e. The highest BCUT2D eigenvalue weighted by molar-refractivity contribution is 7.98. The van der Waals surface area contributed by atoms with E-state index in [0.717, 1.165) is 15.9 Å². The van der Waals surface area contributed by atoms with Crippen LogP contribution in [-0.2, 0) is 0 Å². The number of hydrogen-bond acceptors (Lipinski definition) is 3. The lowest BCUT2D eigenvalue weighted by molar-refractivity contribution is 0.101. The normalized spacial score (nSPS) is 10.8. The molecular weight excluding hydrogens is 306 g/mol. The Labute approximate surface area is 131 Å². The molecule has 0 fully saturated rings. The topological polar surface area (TPSA) is 46.9 Å². The van der Waals surface area contributed by atoms with E-state index in [2.05, 4.69) is 10.4 Å². The molecule has 0 radical (unpaired) electrons. The highest BCUT2D eigenvalue weighted by Gasteiger charge is 2.12. The zero-order valence-electron chi connectivity index (χ0n) is 11.2. The number of rotatable bonds is 3. The Bertz CT molecular complexity index is 816. The Balaban J connectivity index is 1.93. The van der Waals surface area contributed by atoms with Crippen molar-refractivity contribution in [2.45, 2.75) is 4.90 Å². The summed E-state index contributed by atoms with van der Waals surface area (Å²) in [6.07, 6.45) is 3.53. The van der Waals surface area contributed by atoms with E-state index in [9.17, 15) is 4.79 Å². The molecule has 0 saturated carbocycles. The Kier molecular flexibility index (Phi) is 3.86. The van der Waals surface area contributed by atoms with Crippen LogP contribution in [0.15, 0.2) is 53.7 Å². The minimum atomic E-state index is -0.265. The molecule has 0 unspecified atom stereocenters. The summed E-state index contributed by atoms with van der Waals surface area (Å²) >= 11 is 7.67. The van der Waals surface area contributed by atoms with Crippen molar-refractivity contribution >= 4 is 40.3 Å². The van der Waals surface area contributed by atoms with Crippen molar-refractivity contribution < 1.29 is 4.79 Å². The first-order valence-electron chi connectivity index (χ1n) is 6.26. The van der Waals surface area contributed by atoms with Crippen LogP contribution >= 0.6 is 23.4 Å². The van der Waals surface area contributed by atoms with Gasteiger partial charge < -0.3 is 0 Å². The fraction of sp³-hybridized carbons (Fsp3) is 0.0667. The molecule has 0 aliphatic carbocycles. The Hall–Kier alpha value is -1.98. The van der Waals surface area contributed by atoms with Crippen molar-refractivity contribution in [1.82, 2.24) is 9.66 Å². The van der Waals surface area contributed by atoms with Gasteiger partial charge in [0.2, 0.25) is 0 Å². The van der Waals surface area contributed by atoms with Crippen LogP contribution in [0, 0.1) is 0 Å². The number of carbonyl (C=O) groups excluding carboxylic acids is 1. The van der Waals surface area contributed by atoms with E-state index >= 15 is 0 Å². The van der Waals surface area contributed by atoms with Crippen LogP contribution in [0.2, 0.25) is 5.02 Å². The summed E-state index contributed by atoms with van der Waals surface area (Å²) in [6, 6.07) is 13.0. The second-order valence-electron chi connectivity index (χ2n) is 4.39. The molecule has 6 heteroatoms. The molecule has 1 aromatic heterocycles. The fourth-order valence-electron chi connectivity index (χ4n) is 2.02. The Morgan fingerprint density at radius 2 is 2.10 bits per heavy atom. The van der Waals surface area contributed by atoms with Crippen LogP contribution in [0.3, 0.4) is 0 Å². The van der Waals surface area contributed by atoms with Crippen molar-refractivity contribution in [3.8, 4) is 0 Å². The molecule has 0 saturated heterocycles. The number of benzene rings is 2. The number of aromatic nitrogens is 2. The SMILES string of the molecule is CSc1ccc(Cl)c(C(=O)Nn2cnc3ccccc32)c1. The van der Waals surface area contributed by atoms with E-state index in [4.69, 9.17) is 11.6 Å². The first-order valence-corrected chi connectivity index (χ1v) is 7.86. The lowest BCUT2D eigenvalue weighted by atomic mass is 10.2. The Morgan fingerprint density at radius 3 is 2.90 bits per heavy atom. The number of imidazole rings is 1. The van der Waals surface area contributed by atoms with E-state index in [-0.39, 0.29) is 5.91 Å². The van der Waals surface area contributed by atoms with Gasteiger partial charge in [-0.3, -0.25) is 10.2 Å². The molecule has 0 spiro atoms. The van der Waals surface area contributed by atoms with Crippen LogP contribution in [0.1, 0.15) is 10.4 Å². The van der Waals surface area contributed by atoms with E-state index in [0.29, 0.717) is 10.6 Å². The molecule has 4 nitrogen and oxygen atoms in total. The zero-order valence-corrected chi connectivity index (χ0v) is 12.8. The molecular formula is C15H12ClN3OS. The van der Waals surface area contributed by atoms with Crippen LogP contribution in [0.4, 0.5) is 0 Å². The molecule has 0 atom stereocenters. The number of nitrogens with one attached hydrogen (secondary N) is 1. The van der Waals surface area contributed by atoms with Gasteiger partial charge in [0.05, 0.1) is 21.6 Å². The van der Waals surface area contributed by atoms with Gasteiger partial charge in [0.1, 0.15) is 6.33 Å². The van der Waals surface area contributed by atoms with Gasteiger partial charge in [-0.1, -0.05) is 23.7 Å². The monoisotopic (exact) mass is 317 g/mol. The zero-order chi connectivity index (χ0) is 14.8. The summed E-state index contributed by atoms with van der Waals surface area (Å²) in [6.45, 7) is 0. The van der Waals surface area contributed by atoms with Crippen LogP contribution in [-0.4, -0.2) is 21.8 Å². The number of halogens is 1. The number of nitrogens with zero attached hydrogens (tertiary/aromatic N) is 2. The van der Waals surface area contributed by atoms with Crippen molar-refractivity contribution in [2.75, 3.05) is 11.7 Å². The molecule has 3 rings (SSSR count). The van der Waals surface area contributed by atoms with Crippen molar-refractivity contribution in [3.63, 3.8) is 0 Å². The predicted molar refractivity (Wildman–Crippen MR) is 86.7 cm³/mol. The molecule has 2 aromatic carbocycles. The third-order valence-electron chi connectivity index (χ3n) is 3.09. The molecule has 0 aliphatic rings. The van der Waals surface area contributed by atoms with E-state index in [1.165, 1.54) is 0 Å². The maximum atomic E-state index is 12.4. The summed E-state index contributed by atoms with van der Waals surface area (Å²) in [4.78, 5) is 17.6. The number of amides is 1. The fourth-order valence-corrected chi connectivity index (χ4v) is 2.67. The number of hydrogen-bond donors (Lipinski definition) is 1. The van der Waals surface area contributed by atoms with E-state index in [1.54, 1.807) is 34.9 Å². The van der Waals surface area contributed by atoms with Gasteiger partial charge in [-0.15, -0.1) is 11.8 Å². The lowest BCUT2D eigenvalue weighted by Gasteiger charge is -2.09. The summed E-state index contributed by atoms with van der Waals surface area (Å²) in [5.41, 5.74) is 4.90. The maximum absolute atomic E-state index is 12.4. The van der Waals surface area contributed by atoms with Gasteiger partial charge in [0.15, 0.2) is 0 Å². The third kappa shape index (κ3) is 2.75. The summed E-state index contributed by atoms with van der Waals surface area (Å²) in [7, 11) is 0. The van der Waals surface area contributed by atoms with Gasteiger partial charge >= 0.3 is 0 Å². The van der Waals surface area contributed by atoms with Gasteiger partial charge in [-0.2, -0.15) is 0 Å². The van der Waals surface area contributed by atoms with Crippen LogP contribution in [0.25, 0.3) is 11.0 Å². The molecule has 0 bridgehead atoms. The van der Waals surface area contributed by atoms with E-state index < -0.39 is 0 Å². The summed E-state index contributed by atoms with van der Waals surface area (Å²) < 4.78 is 1.60. The van der Waals surface area contributed by atoms with Gasteiger partial charge in [0.25, 0.3) is 5.91 Å². The third-order valence-corrected chi connectivity index (χ3v) is 4.15. The molecule has 106 valence electrons. The molecule has 1 heterocycles. The van der Waals surface area contributed by atoms with E-state index in [1.807, 2.05) is 36.6 Å². The second kappa shape index (κ2) is 5.79. The van der Waals surface area contributed by atoms with Crippen LogP contribution < -0.4 is 5.43 Å². The van der Waals surface area contributed by atoms with Gasteiger partial charge in [-0.05, 0) is 36.6 Å².